The molecule has 0 radical (unpaired) electrons. The van der Waals surface area contributed by atoms with Crippen LogP contribution in [0.25, 0.3) is 0 Å². The first kappa shape index (κ1) is 10.4. The summed E-state index contributed by atoms with van der Waals surface area (Å²) < 4.78 is 0. The molecule has 5 nitrogen and oxygen atoms in total. The molecule has 3 N–H and O–H groups in total. The number of allylic oxidation sites excluding steroid dienone is 1. The minimum atomic E-state index is -1.34. The van der Waals surface area contributed by atoms with Crippen molar-refractivity contribution in [3.8, 4) is 0 Å². The van der Waals surface area contributed by atoms with Gasteiger partial charge in [0.05, 0.1) is 0 Å². The van der Waals surface area contributed by atoms with Crippen molar-refractivity contribution in [3.05, 3.63) is 11.3 Å². The number of carbonyl (C=O) groups is 3. The van der Waals surface area contributed by atoms with E-state index in [0.717, 1.165) is 0 Å². The molecule has 0 aromatic heterocycles. The lowest BCUT2D eigenvalue weighted by molar-refractivity contribution is -0.135. The summed E-state index contributed by atoms with van der Waals surface area (Å²) in [6.45, 7) is 0. The summed E-state index contributed by atoms with van der Waals surface area (Å²) in [6.07, 6.45) is 1.71. The van der Waals surface area contributed by atoms with E-state index < -0.39 is 23.2 Å². The molecule has 14 heavy (non-hydrogen) atoms. The zero-order chi connectivity index (χ0) is 10.7. The Labute approximate surface area is 80.6 Å². The summed E-state index contributed by atoms with van der Waals surface area (Å²) in [5, 5.41) is 8.58. The van der Waals surface area contributed by atoms with E-state index in [4.69, 9.17) is 10.8 Å². The molecule has 0 aromatic rings. The van der Waals surface area contributed by atoms with E-state index in [9.17, 15) is 14.4 Å². The fraction of sp³-hybridized carbons (Fsp3) is 0.444. The van der Waals surface area contributed by atoms with Gasteiger partial charge >= 0.3 is 5.97 Å². The number of hydrogen-bond donors (Lipinski definition) is 2. The van der Waals surface area contributed by atoms with Gasteiger partial charge in [-0.15, -0.1) is 0 Å². The first-order valence-electron chi connectivity index (χ1n) is 4.33. The van der Waals surface area contributed by atoms with Gasteiger partial charge in [-0.2, -0.15) is 0 Å². The summed E-state index contributed by atoms with van der Waals surface area (Å²) in [5.41, 5.74) is 4.68. The highest BCUT2D eigenvalue weighted by atomic mass is 16.4. The number of nitrogens with two attached hydrogens (primary N) is 1. The molecule has 0 heterocycles. The molecule has 5 heteroatoms. The van der Waals surface area contributed by atoms with Crippen LogP contribution in [0, 0.1) is 0 Å². The highest BCUT2D eigenvalue weighted by Crippen LogP contribution is 2.18. The van der Waals surface area contributed by atoms with E-state index in [0.29, 0.717) is 12.8 Å². The van der Waals surface area contributed by atoms with Gasteiger partial charge in [0.1, 0.15) is 5.70 Å². The lowest BCUT2D eigenvalue weighted by Gasteiger charge is -2.02. The number of Topliss-reactive ketones (excluding diaryl/α,β-unsaturated/α-hetero) is 2. The van der Waals surface area contributed by atoms with Gasteiger partial charge in [-0.25, -0.2) is 4.79 Å². The smallest absolute Gasteiger partial charge is 0.352 e. The van der Waals surface area contributed by atoms with Crippen molar-refractivity contribution in [2.75, 3.05) is 0 Å². The zero-order valence-corrected chi connectivity index (χ0v) is 7.58. The van der Waals surface area contributed by atoms with Crippen molar-refractivity contribution in [1.29, 1.82) is 0 Å². The van der Waals surface area contributed by atoms with Crippen LogP contribution in [0.3, 0.4) is 0 Å². The Hall–Kier alpha value is -1.65. The number of carboxylic acids is 1. The summed E-state index contributed by atoms with van der Waals surface area (Å²) >= 11 is 0. The molecular weight excluding hydrogens is 186 g/mol. The summed E-state index contributed by atoms with van der Waals surface area (Å²) in [6, 6.07) is 0. The van der Waals surface area contributed by atoms with E-state index in [-0.39, 0.29) is 18.4 Å². The van der Waals surface area contributed by atoms with Gasteiger partial charge in [-0.1, -0.05) is 0 Å². The van der Waals surface area contributed by atoms with Gasteiger partial charge in [-0.3, -0.25) is 9.59 Å². The minimum absolute atomic E-state index is 0.0417. The molecule has 0 spiro atoms. The maximum atomic E-state index is 11.3. The average molecular weight is 197 g/mol. The third-order valence-corrected chi connectivity index (χ3v) is 2.16. The number of ketones is 2. The molecule has 1 saturated carbocycles. The van der Waals surface area contributed by atoms with Gasteiger partial charge in [0.25, 0.3) is 0 Å². The maximum absolute atomic E-state index is 11.3. The second-order valence-electron chi connectivity index (χ2n) is 3.16. The predicted octanol–water partition coefficient (Wildman–Crippen LogP) is -0.00400. The van der Waals surface area contributed by atoms with Gasteiger partial charge in [-0.05, 0) is 19.3 Å². The fourth-order valence-electron chi connectivity index (χ4n) is 1.37. The Morgan fingerprint density at radius 3 is 2.36 bits per heavy atom. The summed E-state index contributed by atoms with van der Waals surface area (Å²) in [5.74, 6) is -2.62. The Balaban J connectivity index is 3.07. The highest BCUT2D eigenvalue weighted by molar-refractivity contribution is 6.44. The molecule has 76 valence electrons. The van der Waals surface area contributed by atoms with Crippen LogP contribution in [0.5, 0.6) is 0 Å². The SMILES string of the molecule is NC(C(=O)O)=C1CCCCC(=O)C1=O. The van der Waals surface area contributed by atoms with Crippen LogP contribution in [0.4, 0.5) is 0 Å². The van der Waals surface area contributed by atoms with Crippen LogP contribution in [0.2, 0.25) is 0 Å². The monoisotopic (exact) mass is 197 g/mol. The van der Waals surface area contributed by atoms with Crippen molar-refractivity contribution in [2.24, 2.45) is 5.73 Å². The lowest BCUT2D eigenvalue weighted by Crippen LogP contribution is -2.21. The van der Waals surface area contributed by atoms with Crippen LogP contribution >= 0.6 is 0 Å². The third kappa shape index (κ3) is 1.99. The van der Waals surface area contributed by atoms with Gasteiger partial charge in [0.2, 0.25) is 11.6 Å². The Bertz CT molecular complexity index is 330. The quantitative estimate of drug-likeness (QED) is 0.350. The molecule has 0 amide bonds. The van der Waals surface area contributed by atoms with Crippen molar-refractivity contribution in [2.45, 2.75) is 25.7 Å². The van der Waals surface area contributed by atoms with E-state index in [1.54, 1.807) is 0 Å². The average Bonchev–Trinajstić information content (AvgIpc) is 2.29. The molecular formula is C9H11NO4. The van der Waals surface area contributed by atoms with Crippen LogP contribution in [-0.2, 0) is 14.4 Å². The molecule has 0 aliphatic heterocycles. The number of aliphatic carboxylic acids is 1. The summed E-state index contributed by atoms with van der Waals surface area (Å²) in [7, 11) is 0. The number of carboxylic acid groups (broad SMARTS) is 1. The van der Waals surface area contributed by atoms with E-state index >= 15 is 0 Å². The fourth-order valence-corrected chi connectivity index (χ4v) is 1.37. The topological polar surface area (TPSA) is 97.5 Å². The molecule has 0 unspecified atom stereocenters. The molecule has 0 aromatic carbocycles. The molecule has 1 fully saturated rings. The number of hydrogen-bond acceptors (Lipinski definition) is 4. The van der Waals surface area contributed by atoms with E-state index in [1.807, 2.05) is 0 Å². The Morgan fingerprint density at radius 2 is 1.79 bits per heavy atom. The standard InChI is InChI=1S/C9H11NO4/c10-7(9(13)14)5-3-1-2-4-6(11)8(5)12/h1-4,10H2,(H,13,14). The van der Waals surface area contributed by atoms with Crippen molar-refractivity contribution in [3.63, 3.8) is 0 Å². The molecule has 1 aliphatic rings. The normalized spacial score (nSPS) is 21.7. The molecule has 0 atom stereocenters. The van der Waals surface area contributed by atoms with Crippen LogP contribution in [-0.4, -0.2) is 22.6 Å². The van der Waals surface area contributed by atoms with Crippen LogP contribution < -0.4 is 5.73 Å². The van der Waals surface area contributed by atoms with Gasteiger partial charge in [0, 0.05) is 12.0 Å². The first-order valence-corrected chi connectivity index (χ1v) is 4.33. The minimum Gasteiger partial charge on any atom is -0.477 e. The number of rotatable bonds is 1. The van der Waals surface area contributed by atoms with Gasteiger partial charge in [0.15, 0.2) is 0 Å². The van der Waals surface area contributed by atoms with Crippen molar-refractivity contribution >= 4 is 17.5 Å². The largest absolute Gasteiger partial charge is 0.477 e. The Kier molecular flexibility index (Phi) is 3.01. The van der Waals surface area contributed by atoms with E-state index in [1.165, 1.54) is 0 Å². The molecule has 0 bridgehead atoms. The third-order valence-electron chi connectivity index (χ3n) is 2.16. The second-order valence-corrected chi connectivity index (χ2v) is 3.16. The van der Waals surface area contributed by atoms with Crippen molar-refractivity contribution in [1.82, 2.24) is 0 Å². The van der Waals surface area contributed by atoms with E-state index in [2.05, 4.69) is 0 Å². The van der Waals surface area contributed by atoms with Gasteiger partial charge < -0.3 is 10.8 Å². The number of carbonyl (C=O) groups excluding carboxylic acids is 2. The lowest BCUT2D eigenvalue weighted by atomic mass is 10.0. The molecule has 1 aliphatic carbocycles. The maximum Gasteiger partial charge on any atom is 0.352 e. The predicted molar refractivity (Wildman–Crippen MR) is 47.3 cm³/mol. The van der Waals surface area contributed by atoms with Crippen LogP contribution in [0.15, 0.2) is 11.3 Å². The van der Waals surface area contributed by atoms with Crippen LogP contribution in [0.1, 0.15) is 25.7 Å². The highest BCUT2D eigenvalue weighted by Gasteiger charge is 2.25. The van der Waals surface area contributed by atoms with Crippen molar-refractivity contribution < 1.29 is 19.5 Å². The zero-order valence-electron chi connectivity index (χ0n) is 7.58. The summed E-state index contributed by atoms with van der Waals surface area (Å²) in [4.78, 5) is 33.0. The second kappa shape index (κ2) is 4.04. The molecule has 1 rings (SSSR count). The molecule has 0 saturated heterocycles. The first-order chi connectivity index (χ1) is 6.54. The Morgan fingerprint density at radius 1 is 1.21 bits per heavy atom.